The van der Waals surface area contributed by atoms with Gasteiger partial charge in [0.25, 0.3) is 0 Å². The van der Waals surface area contributed by atoms with E-state index in [0.717, 1.165) is 12.8 Å². The lowest BCUT2D eigenvalue weighted by Gasteiger charge is -2.37. The lowest BCUT2D eigenvalue weighted by molar-refractivity contribution is 0.0240. The van der Waals surface area contributed by atoms with Crippen LogP contribution in [0.4, 0.5) is 14.9 Å². The maximum absolute atomic E-state index is 15.2. The highest BCUT2D eigenvalue weighted by molar-refractivity contribution is 5.94. The molecule has 1 aliphatic heterocycles. The van der Waals surface area contributed by atoms with Gasteiger partial charge in [-0.1, -0.05) is 0 Å². The van der Waals surface area contributed by atoms with E-state index in [1.54, 1.807) is 24.1 Å². The van der Waals surface area contributed by atoms with Gasteiger partial charge in [0.05, 0.1) is 17.8 Å². The van der Waals surface area contributed by atoms with Crippen LogP contribution >= 0.6 is 0 Å². The molecule has 0 atom stereocenters. The molecular formula is C24H30FN3O5. The number of hydrogen-bond donors (Lipinski definition) is 0. The first-order valence-corrected chi connectivity index (χ1v) is 11.4. The largest absolute Gasteiger partial charge is 0.462 e. The van der Waals surface area contributed by atoms with Crippen LogP contribution in [0.5, 0.6) is 0 Å². The van der Waals surface area contributed by atoms with E-state index < -0.39 is 22.8 Å². The molecule has 0 radical (unpaired) electrons. The van der Waals surface area contributed by atoms with Crippen LogP contribution in [0.1, 0.15) is 56.9 Å². The Morgan fingerprint density at radius 2 is 1.79 bits per heavy atom. The summed E-state index contributed by atoms with van der Waals surface area (Å²) in [6.45, 7) is 8.98. The van der Waals surface area contributed by atoms with E-state index in [1.807, 2.05) is 30.2 Å². The van der Waals surface area contributed by atoms with E-state index >= 15 is 4.39 Å². The number of aromatic nitrogens is 1. The molecule has 4 rings (SSSR count). The molecule has 0 unspecified atom stereocenters. The third-order valence-corrected chi connectivity index (χ3v) is 5.81. The predicted octanol–water partition coefficient (Wildman–Crippen LogP) is 3.71. The van der Waals surface area contributed by atoms with Gasteiger partial charge in [-0.3, -0.25) is 4.79 Å². The molecule has 2 aliphatic rings. The van der Waals surface area contributed by atoms with Crippen molar-refractivity contribution in [3.63, 3.8) is 0 Å². The van der Waals surface area contributed by atoms with Crippen molar-refractivity contribution in [3.8, 4) is 0 Å². The average molecular weight is 460 g/mol. The Bertz CT molecular complexity index is 1140. The second kappa shape index (κ2) is 8.68. The Morgan fingerprint density at radius 3 is 2.36 bits per heavy atom. The summed E-state index contributed by atoms with van der Waals surface area (Å²) in [5, 5.41) is 0.168. The van der Waals surface area contributed by atoms with Gasteiger partial charge < -0.3 is 23.8 Å². The van der Waals surface area contributed by atoms with Gasteiger partial charge >= 0.3 is 12.1 Å². The van der Waals surface area contributed by atoms with Gasteiger partial charge in [0.15, 0.2) is 0 Å². The Hall–Kier alpha value is -3.10. The fourth-order valence-electron chi connectivity index (χ4n) is 4.07. The van der Waals surface area contributed by atoms with Crippen molar-refractivity contribution in [2.75, 3.05) is 37.7 Å². The SMILES string of the molecule is CCOC(=O)c1cn(C2CC2)c2cc(N3CCN(C(=O)OC(C)(C)C)CC3)c(F)cc2c1=O. The zero-order chi connectivity index (χ0) is 23.9. The van der Waals surface area contributed by atoms with Gasteiger partial charge in [0, 0.05) is 43.8 Å². The van der Waals surface area contributed by atoms with E-state index in [9.17, 15) is 14.4 Å². The standard InChI is InChI=1S/C24H30FN3O5/c1-5-32-22(30)17-14-28(15-6-7-15)19-13-20(18(25)12-16(19)21(17)29)26-8-10-27(11-9-26)23(31)33-24(2,3)4/h12-15H,5-11H2,1-4H3. The Morgan fingerprint density at radius 1 is 1.12 bits per heavy atom. The molecule has 33 heavy (non-hydrogen) atoms. The van der Waals surface area contributed by atoms with Crippen LogP contribution in [0.3, 0.4) is 0 Å². The number of pyridine rings is 1. The molecule has 1 saturated carbocycles. The number of carbonyl (C=O) groups excluding carboxylic acids is 2. The molecule has 1 saturated heterocycles. The minimum atomic E-state index is -0.693. The Balaban J connectivity index is 1.64. The molecule has 8 nitrogen and oxygen atoms in total. The molecule has 2 fully saturated rings. The fraction of sp³-hybridized carbons (Fsp3) is 0.542. The molecule has 2 heterocycles. The first-order chi connectivity index (χ1) is 15.6. The second-order valence-corrected chi connectivity index (χ2v) is 9.51. The molecule has 1 aromatic heterocycles. The molecule has 1 aromatic carbocycles. The van der Waals surface area contributed by atoms with Crippen molar-refractivity contribution in [2.24, 2.45) is 0 Å². The molecular weight excluding hydrogens is 429 g/mol. The van der Waals surface area contributed by atoms with E-state index in [-0.39, 0.29) is 29.7 Å². The van der Waals surface area contributed by atoms with Crippen molar-refractivity contribution >= 4 is 28.7 Å². The smallest absolute Gasteiger partial charge is 0.410 e. The molecule has 178 valence electrons. The van der Waals surface area contributed by atoms with Crippen LogP contribution in [0.25, 0.3) is 10.9 Å². The number of rotatable bonds is 4. The number of hydrogen-bond acceptors (Lipinski definition) is 6. The number of carbonyl (C=O) groups is 2. The topological polar surface area (TPSA) is 81.1 Å². The third kappa shape index (κ3) is 4.82. The van der Waals surface area contributed by atoms with E-state index in [4.69, 9.17) is 9.47 Å². The summed E-state index contributed by atoms with van der Waals surface area (Å²) in [5.74, 6) is -1.23. The summed E-state index contributed by atoms with van der Waals surface area (Å²) in [7, 11) is 0. The van der Waals surface area contributed by atoms with Gasteiger partial charge in [-0.25, -0.2) is 14.0 Å². The minimum Gasteiger partial charge on any atom is -0.462 e. The molecule has 0 spiro atoms. The van der Waals surface area contributed by atoms with Crippen LogP contribution in [0.2, 0.25) is 0 Å². The summed E-state index contributed by atoms with van der Waals surface area (Å²) < 4.78 is 27.5. The van der Waals surface area contributed by atoms with Gasteiger partial charge in [-0.05, 0) is 52.7 Å². The zero-order valence-corrected chi connectivity index (χ0v) is 19.5. The number of benzene rings is 1. The summed E-state index contributed by atoms with van der Waals surface area (Å²) >= 11 is 0. The van der Waals surface area contributed by atoms with Crippen LogP contribution in [-0.4, -0.2) is 59.9 Å². The quantitative estimate of drug-likeness (QED) is 0.649. The van der Waals surface area contributed by atoms with Crippen LogP contribution in [-0.2, 0) is 9.47 Å². The highest BCUT2D eigenvalue weighted by atomic mass is 19.1. The summed E-state index contributed by atoms with van der Waals surface area (Å²) in [5.41, 5.74) is -0.200. The summed E-state index contributed by atoms with van der Waals surface area (Å²) in [6.07, 6.45) is 3.03. The number of nitrogens with zero attached hydrogens (tertiary/aromatic N) is 3. The second-order valence-electron chi connectivity index (χ2n) is 9.51. The van der Waals surface area contributed by atoms with E-state index in [0.29, 0.717) is 37.4 Å². The molecule has 1 aliphatic carbocycles. The number of piperazine rings is 1. The number of ether oxygens (including phenoxy) is 2. The van der Waals surface area contributed by atoms with Crippen molar-refractivity contribution < 1.29 is 23.5 Å². The number of anilines is 1. The van der Waals surface area contributed by atoms with Crippen molar-refractivity contribution in [3.05, 3.63) is 39.9 Å². The van der Waals surface area contributed by atoms with Crippen molar-refractivity contribution in [1.29, 1.82) is 0 Å². The number of fused-ring (bicyclic) bond motifs is 1. The molecule has 2 aromatic rings. The number of esters is 1. The van der Waals surface area contributed by atoms with Gasteiger partial charge in [0.1, 0.15) is 17.0 Å². The monoisotopic (exact) mass is 459 g/mol. The molecule has 1 amide bonds. The molecule has 9 heteroatoms. The van der Waals surface area contributed by atoms with Crippen molar-refractivity contribution in [1.82, 2.24) is 9.47 Å². The van der Waals surface area contributed by atoms with Crippen molar-refractivity contribution in [2.45, 2.75) is 52.2 Å². The first-order valence-electron chi connectivity index (χ1n) is 11.4. The highest BCUT2D eigenvalue weighted by Gasteiger charge is 2.30. The predicted molar refractivity (Wildman–Crippen MR) is 122 cm³/mol. The molecule has 0 N–H and O–H groups in total. The van der Waals surface area contributed by atoms with Gasteiger partial charge in [-0.2, -0.15) is 0 Å². The Kier molecular flexibility index (Phi) is 6.07. The summed E-state index contributed by atoms with van der Waals surface area (Å²) in [6, 6.07) is 3.07. The lowest BCUT2D eigenvalue weighted by Crippen LogP contribution is -2.50. The fourth-order valence-corrected chi connectivity index (χ4v) is 4.07. The number of halogens is 1. The van der Waals surface area contributed by atoms with Crippen LogP contribution in [0.15, 0.2) is 23.1 Å². The highest BCUT2D eigenvalue weighted by Crippen LogP contribution is 2.38. The van der Waals surface area contributed by atoms with Gasteiger partial charge in [-0.15, -0.1) is 0 Å². The minimum absolute atomic E-state index is 0.0747. The van der Waals surface area contributed by atoms with Crippen LogP contribution in [0, 0.1) is 5.82 Å². The maximum Gasteiger partial charge on any atom is 0.410 e. The first kappa shape index (κ1) is 23.1. The van der Waals surface area contributed by atoms with Gasteiger partial charge in [0.2, 0.25) is 5.43 Å². The molecule has 0 bridgehead atoms. The van der Waals surface area contributed by atoms with Crippen LogP contribution < -0.4 is 10.3 Å². The third-order valence-electron chi connectivity index (χ3n) is 5.81. The lowest BCUT2D eigenvalue weighted by atomic mass is 10.1. The summed E-state index contributed by atoms with van der Waals surface area (Å²) in [4.78, 5) is 41.1. The average Bonchev–Trinajstić information content (AvgIpc) is 3.58. The van der Waals surface area contributed by atoms with E-state index in [1.165, 1.54) is 6.07 Å². The number of amides is 1. The Labute approximate surface area is 191 Å². The van der Waals surface area contributed by atoms with E-state index in [2.05, 4.69) is 0 Å². The maximum atomic E-state index is 15.2. The normalized spacial score (nSPS) is 16.8. The zero-order valence-electron chi connectivity index (χ0n) is 19.5.